The summed E-state index contributed by atoms with van der Waals surface area (Å²) in [6.45, 7) is 4.79. The summed E-state index contributed by atoms with van der Waals surface area (Å²) in [6, 6.07) is 20.4. The quantitative estimate of drug-likeness (QED) is 0.168. The monoisotopic (exact) mass is 535 g/mol. The Morgan fingerprint density at radius 1 is 0.921 bits per heavy atom. The van der Waals surface area contributed by atoms with Crippen molar-refractivity contribution in [3.63, 3.8) is 0 Å². The van der Waals surface area contributed by atoms with Crippen LogP contribution in [0.1, 0.15) is 25.1 Å². The van der Waals surface area contributed by atoms with Crippen molar-refractivity contribution >= 4 is 17.4 Å². The molecule has 3 aromatic carbocycles. The summed E-state index contributed by atoms with van der Waals surface area (Å²) in [5.74, 6) is 2.59. The Morgan fingerprint density at radius 2 is 1.61 bits per heavy atom. The Hall–Kier alpha value is -3.65. The lowest BCUT2D eigenvalue weighted by atomic mass is 9.79. The Kier molecular flexibility index (Phi) is 8.52. The summed E-state index contributed by atoms with van der Waals surface area (Å²) in [7, 11) is 7.27. The van der Waals surface area contributed by atoms with Crippen molar-refractivity contribution in [2.45, 2.75) is 24.4 Å². The molecule has 1 N–H and O–H groups in total. The maximum atomic E-state index is 13.7. The average molecular weight is 536 g/mol. The highest BCUT2D eigenvalue weighted by atomic mass is 32.2. The van der Waals surface area contributed by atoms with Crippen LogP contribution in [0.5, 0.6) is 17.2 Å². The molecule has 0 saturated heterocycles. The molecule has 0 unspecified atom stereocenters. The van der Waals surface area contributed by atoms with Gasteiger partial charge in [-0.3, -0.25) is 0 Å². The van der Waals surface area contributed by atoms with Crippen molar-refractivity contribution in [3.05, 3.63) is 83.8 Å². The second-order valence-corrected chi connectivity index (χ2v) is 10.6. The van der Waals surface area contributed by atoms with E-state index < -0.39 is 5.41 Å². The number of aromatic nitrogens is 2. The predicted molar refractivity (Wildman–Crippen MR) is 153 cm³/mol. The van der Waals surface area contributed by atoms with Crippen molar-refractivity contribution in [3.8, 4) is 28.5 Å². The third-order valence-electron chi connectivity index (χ3n) is 6.47. The third kappa shape index (κ3) is 6.07. The maximum absolute atomic E-state index is 13.7. The standard InChI is InChI=1S/C30H34FN3O3S/c1-30(2,21-9-16-25(35-5)26(19-21)36-6)28-27(20-7-10-22(31)11-8-20)32-29(33-28)38-18-17-37-24-14-12-23(13-15-24)34(3)4/h7-16,19H,17-18H2,1-6H3,(H,32,33). The number of nitrogens with one attached hydrogen (secondary N) is 1. The number of aromatic amines is 1. The van der Waals surface area contributed by atoms with E-state index in [1.807, 2.05) is 56.6 Å². The van der Waals surface area contributed by atoms with Gasteiger partial charge in [0, 0.05) is 36.5 Å². The molecule has 1 heterocycles. The molecule has 0 amide bonds. The molecule has 0 aliphatic carbocycles. The molecular formula is C30H34FN3O3S. The lowest BCUT2D eigenvalue weighted by molar-refractivity contribution is 0.344. The van der Waals surface area contributed by atoms with Crippen LogP contribution < -0.4 is 19.1 Å². The van der Waals surface area contributed by atoms with E-state index in [-0.39, 0.29) is 5.82 Å². The molecule has 0 radical (unpaired) electrons. The van der Waals surface area contributed by atoms with Crippen molar-refractivity contribution in [2.24, 2.45) is 0 Å². The average Bonchev–Trinajstić information content (AvgIpc) is 3.36. The van der Waals surface area contributed by atoms with E-state index in [1.165, 1.54) is 12.1 Å². The lowest BCUT2D eigenvalue weighted by Gasteiger charge is -2.26. The number of halogens is 1. The van der Waals surface area contributed by atoms with E-state index in [1.54, 1.807) is 38.1 Å². The smallest absolute Gasteiger partial charge is 0.166 e. The van der Waals surface area contributed by atoms with Gasteiger partial charge in [-0.2, -0.15) is 0 Å². The van der Waals surface area contributed by atoms with E-state index in [0.29, 0.717) is 23.9 Å². The summed E-state index contributed by atoms with van der Waals surface area (Å²) in [6.07, 6.45) is 0. The molecule has 38 heavy (non-hydrogen) atoms. The normalized spacial score (nSPS) is 11.3. The maximum Gasteiger partial charge on any atom is 0.166 e. The lowest BCUT2D eigenvalue weighted by Crippen LogP contribution is -2.20. The fraction of sp³-hybridized carbons (Fsp3) is 0.300. The van der Waals surface area contributed by atoms with Crippen LogP contribution in [0.3, 0.4) is 0 Å². The highest BCUT2D eigenvalue weighted by Gasteiger charge is 2.31. The van der Waals surface area contributed by atoms with Crippen LogP contribution in [-0.2, 0) is 5.41 Å². The van der Waals surface area contributed by atoms with E-state index in [0.717, 1.165) is 39.1 Å². The SMILES string of the molecule is COc1ccc(C(C)(C)c2[nH]c(SCCOc3ccc(N(C)C)cc3)nc2-c2ccc(F)cc2)cc1OC. The number of ether oxygens (including phenoxy) is 3. The number of rotatable bonds is 11. The largest absolute Gasteiger partial charge is 0.493 e. The molecule has 1 aromatic heterocycles. The number of thioether (sulfide) groups is 1. The zero-order chi connectivity index (χ0) is 27.3. The third-order valence-corrected chi connectivity index (χ3v) is 7.31. The van der Waals surface area contributed by atoms with Gasteiger partial charge in [-0.25, -0.2) is 9.37 Å². The molecule has 4 aromatic rings. The highest BCUT2D eigenvalue weighted by Crippen LogP contribution is 2.41. The molecule has 0 atom stereocenters. The van der Waals surface area contributed by atoms with E-state index in [4.69, 9.17) is 19.2 Å². The second kappa shape index (κ2) is 11.8. The molecule has 200 valence electrons. The van der Waals surface area contributed by atoms with Gasteiger partial charge in [-0.05, 0) is 66.2 Å². The van der Waals surface area contributed by atoms with E-state index in [9.17, 15) is 4.39 Å². The summed E-state index contributed by atoms with van der Waals surface area (Å²) < 4.78 is 30.6. The second-order valence-electron chi connectivity index (χ2n) is 9.55. The number of anilines is 1. The van der Waals surface area contributed by atoms with Crippen LogP contribution in [0, 0.1) is 5.82 Å². The van der Waals surface area contributed by atoms with Crippen LogP contribution in [0.2, 0.25) is 0 Å². The summed E-state index contributed by atoms with van der Waals surface area (Å²) in [5.41, 5.74) is 4.25. The number of hydrogen-bond acceptors (Lipinski definition) is 6. The van der Waals surface area contributed by atoms with Gasteiger partial charge in [0.1, 0.15) is 11.6 Å². The van der Waals surface area contributed by atoms with Gasteiger partial charge in [0.2, 0.25) is 0 Å². The van der Waals surface area contributed by atoms with Gasteiger partial charge >= 0.3 is 0 Å². The molecule has 4 rings (SSSR count). The number of H-pyrrole nitrogens is 1. The van der Waals surface area contributed by atoms with E-state index >= 15 is 0 Å². The molecular weight excluding hydrogens is 501 g/mol. The summed E-state index contributed by atoms with van der Waals surface area (Å²) in [5, 5.41) is 0.777. The molecule has 8 heteroatoms. The van der Waals surface area contributed by atoms with Crippen LogP contribution in [0.15, 0.2) is 71.9 Å². The number of methoxy groups -OCH3 is 2. The molecule has 6 nitrogen and oxygen atoms in total. The first kappa shape index (κ1) is 27.4. The van der Waals surface area contributed by atoms with Crippen molar-refractivity contribution < 1.29 is 18.6 Å². The summed E-state index contributed by atoms with van der Waals surface area (Å²) >= 11 is 1.59. The number of benzene rings is 3. The minimum Gasteiger partial charge on any atom is -0.493 e. The zero-order valence-corrected chi connectivity index (χ0v) is 23.5. The first-order chi connectivity index (χ1) is 18.2. The molecule has 0 aliphatic heterocycles. The molecule has 0 bridgehead atoms. The predicted octanol–water partition coefficient (Wildman–Crippen LogP) is 6.80. The first-order valence-corrected chi connectivity index (χ1v) is 13.3. The zero-order valence-electron chi connectivity index (χ0n) is 22.7. The Balaban J connectivity index is 1.57. The molecule has 0 aliphatic rings. The fourth-order valence-electron chi connectivity index (χ4n) is 4.20. The molecule has 0 fully saturated rings. The van der Waals surface area contributed by atoms with Crippen molar-refractivity contribution in [1.29, 1.82) is 0 Å². The molecule has 0 saturated carbocycles. The number of imidazole rings is 1. The summed E-state index contributed by atoms with van der Waals surface area (Å²) in [4.78, 5) is 10.5. The van der Waals surface area contributed by atoms with Crippen molar-refractivity contribution in [1.82, 2.24) is 9.97 Å². The van der Waals surface area contributed by atoms with Crippen LogP contribution in [0.4, 0.5) is 10.1 Å². The minimum atomic E-state index is -0.459. The first-order valence-electron chi connectivity index (χ1n) is 12.3. The van der Waals surface area contributed by atoms with E-state index in [2.05, 4.69) is 23.7 Å². The van der Waals surface area contributed by atoms with Crippen LogP contribution in [0.25, 0.3) is 11.3 Å². The van der Waals surface area contributed by atoms with Gasteiger partial charge in [0.25, 0.3) is 0 Å². The number of hydrogen-bond donors (Lipinski definition) is 1. The van der Waals surface area contributed by atoms with Gasteiger partial charge in [0.15, 0.2) is 16.7 Å². The van der Waals surface area contributed by atoms with Crippen LogP contribution in [-0.4, -0.2) is 50.6 Å². The Labute approximate surface area is 228 Å². The fourth-order valence-corrected chi connectivity index (χ4v) is 4.89. The highest BCUT2D eigenvalue weighted by molar-refractivity contribution is 7.99. The van der Waals surface area contributed by atoms with Gasteiger partial charge < -0.3 is 24.1 Å². The van der Waals surface area contributed by atoms with Gasteiger partial charge in [-0.15, -0.1) is 0 Å². The topological polar surface area (TPSA) is 59.6 Å². The van der Waals surface area contributed by atoms with Gasteiger partial charge in [0.05, 0.1) is 32.2 Å². The Bertz CT molecular complexity index is 1350. The minimum absolute atomic E-state index is 0.282. The van der Waals surface area contributed by atoms with Crippen molar-refractivity contribution in [2.75, 3.05) is 45.6 Å². The van der Waals surface area contributed by atoms with Gasteiger partial charge in [-0.1, -0.05) is 31.7 Å². The number of nitrogens with zero attached hydrogens (tertiary/aromatic N) is 2. The molecule has 0 spiro atoms. The Morgan fingerprint density at radius 3 is 2.24 bits per heavy atom. The van der Waals surface area contributed by atoms with Crippen LogP contribution >= 0.6 is 11.8 Å².